The molecule has 1 aliphatic heterocycles. The third-order valence-corrected chi connectivity index (χ3v) is 6.52. The molecule has 180 valence electrons. The highest BCUT2D eigenvalue weighted by molar-refractivity contribution is 7.99. The number of nitrogens with zero attached hydrogens (tertiary/aromatic N) is 1. The first-order chi connectivity index (χ1) is 16.4. The largest absolute Gasteiger partial charge is 0.480 e. The lowest BCUT2D eigenvalue weighted by Crippen LogP contribution is -2.53. The number of aliphatic carboxylic acids is 2. The molecule has 1 aliphatic rings. The van der Waals surface area contributed by atoms with E-state index in [1.165, 1.54) is 16.7 Å². The van der Waals surface area contributed by atoms with Gasteiger partial charge in [0.15, 0.2) is 0 Å². The number of amides is 2. The third-order valence-electron chi connectivity index (χ3n) is 5.36. The molecular weight excluding hydrogens is 458 g/mol. The molecule has 2 aromatic carbocycles. The minimum atomic E-state index is -1.15. The number of hydrogen-bond acceptors (Lipinski definition) is 6. The van der Waals surface area contributed by atoms with Crippen molar-refractivity contribution in [1.29, 1.82) is 0 Å². The Balaban J connectivity index is 1.56. The molecule has 0 bridgehead atoms. The first kappa shape index (κ1) is 25.3. The maximum absolute atomic E-state index is 13.1. The van der Waals surface area contributed by atoms with Crippen molar-refractivity contribution in [3.8, 4) is 0 Å². The summed E-state index contributed by atoms with van der Waals surface area (Å²) in [6.45, 7) is -0.104. The summed E-state index contributed by atoms with van der Waals surface area (Å²) >= 11 is 1.38. The van der Waals surface area contributed by atoms with Crippen LogP contribution in [0.4, 0.5) is 5.69 Å². The van der Waals surface area contributed by atoms with Gasteiger partial charge in [0.05, 0.1) is 11.7 Å². The summed E-state index contributed by atoms with van der Waals surface area (Å²) in [5.41, 5.74) is 1.06. The van der Waals surface area contributed by atoms with Gasteiger partial charge in [0, 0.05) is 22.8 Å². The van der Waals surface area contributed by atoms with Crippen LogP contribution in [0, 0.1) is 0 Å². The van der Waals surface area contributed by atoms with E-state index in [4.69, 9.17) is 0 Å². The molecule has 0 spiro atoms. The molecule has 0 aromatic heterocycles. The van der Waals surface area contributed by atoms with Gasteiger partial charge in [-0.1, -0.05) is 30.3 Å². The molecule has 0 unspecified atom stereocenters. The summed E-state index contributed by atoms with van der Waals surface area (Å²) in [6, 6.07) is 14.0. The molecule has 1 heterocycles. The standard InChI is InChI=1S/C24H27N3O6S/c28-21(29)14-27-19-11-4-5-12-20(19)34-15-18(23(27)31)26-17(24(32)33)10-6-7-13-25-22(30)16-8-2-1-3-9-16/h1-5,8-9,11-12,17-18,26H,6-7,10,13-15H2,(H,25,30)(H,28,29)(H,32,33)/t17-,18-/m0/s1. The summed E-state index contributed by atoms with van der Waals surface area (Å²) in [5, 5.41) is 24.7. The van der Waals surface area contributed by atoms with Crippen molar-refractivity contribution >= 4 is 41.2 Å². The van der Waals surface area contributed by atoms with Gasteiger partial charge in [0.1, 0.15) is 12.6 Å². The van der Waals surface area contributed by atoms with E-state index in [0.29, 0.717) is 30.6 Å². The van der Waals surface area contributed by atoms with Crippen LogP contribution in [0.2, 0.25) is 0 Å². The average molecular weight is 486 g/mol. The van der Waals surface area contributed by atoms with Crippen molar-refractivity contribution in [1.82, 2.24) is 10.6 Å². The van der Waals surface area contributed by atoms with Gasteiger partial charge >= 0.3 is 11.9 Å². The van der Waals surface area contributed by atoms with E-state index in [2.05, 4.69) is 10.6 Å². The predicted molar refractivity (Wildman–Crippen MR) is 128 cm³/mol. The molecule has 0 fully saturated rings. The number of benzene rings is 2. The Kier molecular flexibility index (Phi) is 9.06. The third kappa shape index (κ3) is 6.82. The average Bonchev–Trinajstić information content (AvgIpc) is 2.95. The quantitative estimate of drug-likeness (QED) is 0.356. The molecule has 10 heteroatoms. The maximum atomic E-state index is 13.1. The Labute approximate surface area is 201 Å². The Hall–Kier alpha value is -3.37. The maximum Gasteiger partial charge on any atom is 0.323 e. The normalized spacial score (nSPS) is 16.3. The molecule has 2 amide bonds. The van der Waals surface area contributed by atoms with Gasteiger partial charge in [-0.25, -0.2) is 0 Å². The highest BCUT2D eigenvalue weighted by Gasteiger charge is 2.34. The second-order valence-corrected chi connectivity index (χ2v) is 8.89. The smallest absolute Gasteiger partial charge is 0.323 e. The van der Waals surface area contributed by atoms with Crippen molar-refractivity contribution in [2.45, 2.75) is 36.2 Å². The van der Waals surface area contributed by atoms with Crippen LogP contribution in [0.15, 0.2) is 59.5 Å². The number of fused-ring (bicyclic) bond motifs is 1. The Morgan fingerprint density at radius 3 is 2.44 bits per heavy atom. The van der Waals surface area contributed by atoms with Crippen molar-refractivity contribution in [3.05, 3.63) is 60.2 Å². The number of nitrogens with one attached hydrogen (secondary N) is 2. The topological polar surface area (TPSA) is 136 Å². The summed E-state index contributed by atoms with van der Waals surface area (Å²) in [7, 11) is 0. The van der Waals surface area contributed by atoms with Crippen LogP contribution in [-0.2, 0) is 14.4 Å². The van der Waals surface area contributed by atoms with Crippen molar-refractivity contribution in [2.75, 3.05) is 23.7 Å². The predicted octanol–water partition coefficient (Wildman–Crippen LogP) is 2.22. The SMILES string of the molecule is O=C(O)CN1C(=O)[C@@H](N[C@@H](CCCCNC(=O)c2ccccc2)C(=O)O)CSc2ccccc21. The number of carboxylic acid groups (broad SMARTS) is 2. The lowest BCUT2D eigenvalue weighted by Gasteiger charge is -2.26. The molecule has 9 nitrogen and oxygen atoms in total. The van der Waals surface area contributed by atoms with Crippen LogP contribution in [0.5, 0.6) is 0 Å². The van der Waals surface area contributed by atoms with Crippen LogP contribution in [-0.4, -0.2) is 64.9 Å². The number of thioether (sulfide) groups is 1. The molecule has 4 N–H and O–H groups in total. The number of carboxylic acids is 2. The van der Waals surface area contributed by atoms with E-state index in [9.17, 15) is 29.4 Å². The summed E-state index contributed by atoms with van der Waals surface area (Å²) in [6.07, 6.45) is 1.36. The second-order valence-electron chi connectivity index (χ2n) is 7.82. The summed E-state index contributed by atoms with van der Waals surface area (Å²) in [5.74, 6) is -2.62. The zero-order chi connectivity index (χ0) is 24.5. The highest BCUT2D eigenvalue weighted by Crippen LogP contribution is 2.34. The minimum Gasteiger partial charge on any atom is -0.480 e. The number of unbranched alkanes of at least 4 members (excludes halogenated alkanes) is 1. The number of carbonyl (C=O) groups is 4. The van der Waals surface area contributed by atoms with E-state index < -0.39 is 36.5 Å². The van der Waals surface area contributed by atoms with Crippen molar-refractivity contribution < 1.29 is 29.4 Å². The Morgan fingerprint density at radius 2 is 1.74 bits per heavy atom. The van der Waals surface area contributed by atoms with Crippen LogP contribution >= 0.6 is 11.8 Å². The number of para-hydroxylation sites is 1. The van der Waals surface area contributed by atoms with E-state index in [1.807, 2.05) is 12.1 Å². The monoisotopic (exact) mass is 485 g/mol. The van der Waals surface area contributed by atoms with Gasteiger partial charge < -0.3 is 15.5 Å². The summed E-state index contributed by atoms with van der Waals surface area (Å²) < 4.78 is 0. The Morgan fingerprint density at radius 1 is 1.03 bits per heavy atom. The summed E-state index contributed by atoms with van der Waals surface area (Å²) in [4.78, 5) is 50.4. The number of carbonyl (C=O) groups excluding carboxylic acids is 2. The van der Waals surface area contributed by atoms with Gasteiger partial charge in [-0.3, -0.25) is 29.4 Å². The molecule has 2 aromatic rings. The van der Waals surface area contributed by atoms with E-state index >= 15 is 0 Å². The first-order valence-electron chi connectivity index (χ1n) is 10.9. The minimum absolute atomic E-state index is 0.187. The lowest BCUT2D eigenvalue weighted by molar-refractivity contribution is -0.140. The van der Waals surface area contributed by atoms with Crippen LogP contribution in [0.25, 0.3) is 0 Å². The molecule has 3 rings (SSSR count). The number of rotatable bonds is 11. The van der Waals surface area contributed by atoms with Gasteiger partial charge in [0.2, 0.25) is 5.91 Å². The zero-order valence-corrected chi connectivity index (χ0v) is 19.3. The first-order valence-corrected chi connectivity index (χ1v) is 11.9. The zero-order valence-electron chi connectivity index (χ0n) is 18.5. The molecule has 0 aliphatic carbocycles. The lowest BCUT2D eigenvalue weighted by atomic mass is 10.1. The fourth-order valence-corrected chi connectivity index (χ4v) is 4.75. The van der Waals surface area contributed by atoms with Crippen LogP contribution in [0.1, 0.15) is 29.6 Å². The fraction of sp³-hybridized carbons (Fsp3) is 0.333. The molecule has 0 saturated heterocycles. The van der Waals surface area contributed by atoms with Crippen LogP contribution in [0.3, 0.4) is 0 Å². The van der Waals surface area contributed by atoms with Gasteiger partial charge in [0.25, 0.3) is 5.91 Å². The molecule has 0 saturated carbocycles. The highest BCUT2D eigenvalue weighted by atomic mass is 32.2. The second kappa shape index (κ2) is 12.2. The molecule has 0 radical (unpaired) electrons. The van der Waals surface area contributed by atoms with E-state index in [1.54, 1.807) is 42.5 Å². The van der Waals surface area contributed by atoms with Crippen LogP contribution < -0.4 is 15.5 Å². The molecular formula is C24H27N3O6S. The Bertz CT molecular complexity index is 1030. The van der Waals surface area contributed by atoms with Crippen molar-refractivity contribution in [2.24, 2.45) is 0 Å². The molecule has 34 heavy (non-hydrogen) atoms. The number of hydrogen-bond donors (Lipinski definition) is 4. The van der Waals surface area contributed by atoms with E-state index in [-0.39, 0.29) is 18.1 Å². The molecule has 2 atom stereocenters. The van der Waals surface area contributed by atoms with Gasteiger partial charge in [-0.05, 0) is 43.5 Å². The van der Waals surface area contributed by atoms with Crippen molar-refractivity contribution in [3.63, 3.8) is 0 Å². The number of anilines is 1. The van der Waals surface area contributed by atoms with E-state index in [0.717, 1.165) is 4.90 Å². The van der Waals surface area contributed by atoms with Gasteiger partial charge in [-0.15, -0.1) is 11.8 Å². The van der Waals surface area contributed by atoms with Gasteiger partial charge in [-0.2, -0.15) is 0 Å². The fourth-order valence-electron chi connectivity index (χ4n) is 3.66.